The third-order valence-corrected chi connectivity index (χ3v) is 4.61. The van der Waals surface area contributed by atoms with E-state index in [4.69, 9.17) is 4.74 Å². The number of nitrogens with one attached hydrogen (secondary N) is 1. The van der Waals surface area contributed by atoms with Crippen molar-refractivity contribution < 1.29 is 4.74 Å². The van der Waals surface area contributed by atoms with Crippen LogP contribution in [0.1, 0.15) is 49.4 Å². The van der Waals surface area contributed by atoms with Crippen LogP contribution in [-0.2, 0) is 13.6 Å². The molecule has 0 saturated heterocycles. The van der Waals surface area contributed by atoms with Gasteiger partial charge in [-0.2, -0.15) is 5.10 Å². The van der Waals surface area contributed by atoms with Crippen LogP contribution in [0.3, 0.4) is 0 Å². The summed E-state index contributed by atoms with van der Waals surface area (Å²) in [5.41, 5.74) is 3.64. The lowest BCUT2D eigenvalue weighted by molar-refractivity contribution is 0.306. The molecule has 0 bridgehead atoms. The number of ether oxygens (including phenoxy) is 1. The summed E-state index contributed by atoms with van der Waals surface area (Å²) in [5, 5.41) is 8.03. The van der Waals surface area contributed by atoms with Gasteiger partial charge < -0.3 is 15.0 Å². The third-order valence-electron chi connectivity index (χ3n) is 4.61. The van der Waals surface area contributed by atoms with Gasteiger partial charge in [-0.15, -0.1) is 0 Å². The first kappa shape index (κ1) is 21.8. The van der Waals surface area contributed by atoms with Crippen molar-refractivity contribution in [1.29, 1.82) is 0 Å². The molecule has 0 amide bonds. The van der Waals surface area contributed by atoms with E-state index >= 15 is 0 Å². The van der Waals surface area contributed by atoms with Crippen LogP contribution in [0.15, 0.2) is 35.5 Å². The Morgan fingerprint density at radius 1 is 1.25 bits per heavy atom. The molecule has 154 valence electrons. The fraction of sp³-hybridized carbons (Fsp3) is 0.545. The standard InChI is InChI=1S/C22H35N5O/c1-17(2)21-19(16-27(6)25-21)15-26(5)22(23-4)24-13-7-8-14-28-20-11-9-18(3)10-12-20/h9-12,16-17H,7-8,13-15H2,1-6H3,(H,23,24). The Morgan fingerprint density at radius 3 is 2.61 bits per heavy atom. The Labute approximate surface area is 169 Å². The number of nitrogens with zero attached hydrogens (tertiary/aromatic N) is 4. The van der Waals surface area contributed by atoms with E-state index in [0.717, 1.165) is 49.9 Å². The predicted octanol–water partition coefficient (Wildman–Crippen LogP) is 3.72. The highest BCUT2D eigenvalue weighted by molar-refractivity contribution is 5.79. The summed E-state index contributed by atoms with van der Waals surface area (Å²) in [5.74, 6) is 2.25. The number of hydrogen-bond acceptors (Lipinski definition) is 3. The van der Waals surface area contributed by atoms with Crippen molar-refractivity contribution in [3.63, 3.8) is 0 Å². The molecule has 1 heterocycles. The number of hydrogen-bond donors (Lipinski definition) is 1. The molecule has 1 N–H and O–H groups in total. The van der Waals surface area contributed by atoms with E-state index in [1.165, 1.54) is 11.1 Å². The van der Waals surface area contributed by atoms with E-state index in [9.17, 15) is 0 Å². The first-order valence-corrected chi connectivity index (χ1v) is 10.0. The maximum absolute atomic E-state index is 5.78. The summed E-state index contributed by atoms with van der Waals surface area (Å²) in [6.45, 7) is 8.83. The van der Waals surface area contributed by atoms with Crippen molar-refractivity contribution in [3.8, 4) is 5.75 Å². The van der Waals surface area contributed by atoms with Crippen LogP contribution in [0.5, 0.6) is 5.75 Å². The quantitative estimate of drug-likeness (QED) is 0.406. The van der Waals surface area contributed by atoms with E-state index in [1.807, 2.05) is 30.9 Å². The molecule has 0 unspecified atom stereocenters. The molecular weight excluding hydrogens is 350 g/mol. The predicted molar refractivity (Wildman–Crippen MR) is 116 cm³/mol. The first-order chi connectivity index (χ1) is 13.4. The van der Waals surface area contributed by atoms with E-state index < -0.39 is 0 Å². The average Bonchev–Trinajstić information content (AvgIpc) is 3.03. The van der Waals surface area contributed by atoms with Gasteiger partial charge in [-0.1, -0.05) is 31.5 Å². The summed E-state index contributed by atoms with van der Waals surface area (Å²) in [4.78, 5) is 6.56. The smallest absolute Gasteiger partial charge is 0.193 e. The zero-order valence-corrected chi connectivity index (χ0v) is 18.2. The molecule has 1 aromatic heterocycles. The van der Waals surface area contributed by atoms with Crippen molar-refractivity contribution in [3.05, 3.63) is 47.3 Å². The number of unbranched alkanes of at least 4 members (excludes halogenated alkanes) is 1. The second-order valence-corrected chi connectivity index (χ2v) is 7.57. The van der Waals surface area contributed by atoms with Gasteiger partial charge in [0, 0.05) is 46.0 Å². The molecule has 0 fully saturated rings. The van der Waals surface area contributed by atoms with Gasteiger partial charge in [0.1, 0.15) is 5.75 Å². The third kappa shape index (κ3) is 6.59. The van der Waals surface area contributed by atoms with Gasteiger partial charge in [0.2, 0.25) is 0 Å². The molecule has 0 aliphatic carbocycles. The largest absolute Gasteiger partial charge is 0.494 e. The summed E-state index contributed by atoms with van der Waals surface area (Å²) in [7, 11) is 5.86. The molecule has 0 atom stereocenters. The van der Waals surface area contributed by atoms with E-state index in [-0.39, 0.29) is 0 Å². The van der Waals surface area contributed by atoms with Gasteiger partial charge in [0.15, 0.2) is 5.96 Å². The van der Waals surface area contributed by atoms with Gasteiger partial charge in [-0.25, -0.2) is 0 Å². The van der Waals surface area contributed by atoms with Gasteiger partial charge in [0.05, 0.1) is 12.3 Å². The van der Waals surface area contributed by atoms with Crippen LogP contribution >= 0.6 is 0 Å². The summed E-state index contributed by atoms with van der Waals surface area (Å²) < 4.78 is 7.67. The topological polar surface area (TPSA) is 54.7 Å². The number of aryl methyl sites for hydroxylation is 2. The van der Waals surface area contributed by atoms with Crippen LogP contribution < -0.4 is 10.1 Å². The van der Waals surface area contributed by atoms with Gasteiger partial charge in [-0.05, 0) is 37.8 Å². The monoisotopic (exact) mass is 385 g/mol. The molecular formula is C22H35N5O. The molecule has 0 spiro atoms. The number of rotatable bonds is 9. The first-order valence-electron chi connectivity index (χ1n) is 10.0. The molecule has 28 heavy (non-hydrogen) atoms. The normalized spacial score (nSPS) is 11.8. The number of benzene rings is 1. The minimum atomic E-state index is 0.410. The van der Waals surface area contributed by atoms with E-state index in [2.05, 4.69) is 66.5 Å². The Morgan fingerprint density at radius 2 is 1.96 bits per heavy atom. The summed E-state index contributed by atoms with van der Waals surface area (Å²) >= 11 is 0. The highest BCUT2D eigenvalue weighted by Crippen LogP contribution is 2.18. The average molecular weight is 386 g/mol. The number of aliphatic imine (C=N–C) groups is 1. The van der Waals surface area contributed by atoms with Crippen LogP contribution in [0.25, 0.3) is 0 Å². The maximum Gasteiger partial charge on any atom is 0.193 e. The van der Waals surface area contributed by atoms with E-state index in [1.54, 1.807) is 0 Å². The highest BCUT2D eigenvalue weighted by Gasteiger charge is 2.14. The molecule has 6 nitrogen and oxygen atoms in total. The Balaban J connectivity index is 1.72. The minimum Gasteiger partial charge on any atom is -0.494 e. The Hall–Kier alpha value is -2.50. The van der Waals surface area contributed by atoms with E-state index in [0.29, 0.717) is 5.92 Å². The molecule has 0 aliphatic rings. The summed E-state index contributed by atoms with van der Waals surface area (Å²) in [6.07, 6.45) is 4.13. The zero-order valence-electron chi connectivity index (χ0n) is 18.2. The lowest BCUT2D eigenvalue weighted by Crippen LogP contribution is -2.39. The van der Waals surface area contributed by atoms with Gasteiger partial charge in [0.25, 0.3) is 0 Å². The molecule has 0 radical (unpaired) electrons. The number of aromatic nitrogens is 2. The van der Waals surface area contributed by atoms with Crippen molar-refractivity contribution >= 4 is 5.96 Å². The Kier molecular flexibility index (Phi) is 8.36. The molecule has 2 aromatic rings. The number of guanidine groups is 1. The second kappa shape index (κ2) is 10.7. The molecule has 0 saturated carbocycles. The molecule has 1 aromatic carbocycles. The highest BCUT2D eigenvalue weighted by atomic mass is 16.5. The molecule has 0 aliphatic heterocycles. The second-order valence-electron chi connectivity index (χ2n) is 7.57. The summed E-state index contributed by atoms with van der Waals surface area (Å²) in [6, 6.07) is 8.19. The van der Waals surface area contributed by atoms with Crippen LogP contribution in [0.2, 0.25) is 0 Å². The van der Waals surface area contributed by atoms with Gasteiger partial charge in [-0.3, -0.25) is 9.67 Å². The molecule has 2 rings (SSSR count). The fourth-order valence-corrected chi connectivity index (χ4v) is 3.13. The lowest BCUT2D eigenvalue weighted by Gasteiger charge is -2.22. The minimum absolute atomic E-state index is 0.410. The van der Waals surface area contributed by atoms with Gasteiger partial charge >= 0.3 is 0 Å². The SMILES string of the molecule is CN=C(NCCCCOc1ccc(C)cc1)N(C)Cc1cn(C)nc1C(C)C. The van der Waals surface area contributed by atoms with Crippen molar-refractivity contribution in [2.75, 3.05) is 27.2 Å². The zero-order chi connectivity index (χ0) is 20.5. The van der Waals surface area contributed by atoms with Crippen LogP contribution in [-0.4, -0.2) is 47.9 Å². The van der Waals surface area contributed by atoms with Crippen molar-refractivity contribution in [1.82, 2.24) is 20.0 Å². The van der Waals surface area contributed by atoms with Crippen LogP contribution in [0, 0.1) is 6.92 Å². The molecule has 6 heteroatoms. The van der Waals surface area contributed by atoms with Crippen LogP contribution in [0.4, 0.5) is 0 Å². The fourth-order valence-electron chi connectivity index (χ4n) is 3.13. The lowest BCUT2D eigenvalue weighted by atomic mass is 10.1. The van der Waals surface area contributed by atoms with Crippen molar-refractivity contribution in [2.24, 2.45) is 12.0 Å². The van der Waals surface area contributed by atoms with Crippen molar-refractivity contribution in [2.45, 2.75) is 46.1 Å². The maximum atomic E-state index is 5.78. The Bertz CT molecular complexity index is 749.